The molecule has 6 heteroatoms. The van der Waals surface area contributed by atoms with Crippen LogP contribution in [0.2, 0.25) is 0 Å². The number of hydrogen-bond donors (Lipinski definition) is 0. The minimum atomic E-state index is 0.973. The lowest BCUT2D eigenvalue weighted by molar-refractivity contribution is 0.250. The molecule has 5 nitrogen and oxygen atoms in total. The number of nitrogens with zero attached hydrogens (tertiary/aromatic N) is 4. The van der Waals surface area contributed by atoms with Crippen molar-refractivity contribution < 1.29 is 4.74 Å². The Balaban J connectivity index is 1.39. The standard InChI is InChI=1S/C19H28N4OS/c1-24-18-8-4-3-7-17(18)22-15-13-21(14-16-22)10-5-6-11-23-12-9-20-19(23)25-2/h3-4,7-9,12H,5-6,10-11,13-16H2,1-2H3/i2-1. The highest BCUT2D eigenvalue weighted by atomic mass is 32.2. The van der Waals surface area contributed by atoms with Gasteiger partial charge in [-0.25, -0.2) is 4.98 Å². The van der Waals surface area contributed by atoms with Gasteiger partial charge in [0.2, 0.25) is 0 Å². The van der Waals surface area contributed by atoms with E-state index in [2.05, 4.69) is 43.9 Å². The van der Waals surface area contributed by atoms with E-state index in [4.69, 9.17) is 4.74 Å². The third kappa shape index (κ3) is 4.70. The molecule has 1 aromatic heterocycles. The van der Waals surface area contributed by atoms with Gasteiger partial charge in [0.15, 0.2) is 5.16 Å². The van der Waals surface area contributed by atoms with Crippen molar-refractivity contribution in [2.75, 3.05) is 51.0 Å². The van der Waals surface area contributed by atoms with Crippen LogP contribution in [-0.4, -0.2) is 60.5 Å². The summed E-state index contributed by atoms with van der Waals surface area (Å²) in [6.07, 6.45) is 8.50. The number of anilines is 1. The molecular formula is C19H28N4OS. The molecule has 0 spiro atoms. The van der Waals surface area contributed by atoms with Crippen molar-refractivity contribution in [3.05, 3.63) is 36.7 Å². The number of imidazole rings is 1. The number of thioether (sulfide) groups is 1. The highest BCUT2D eigenvalue weighted by Gasteiger charge is 2.19. The Morgan fingerprint density at radius 3 is 2.60 bits per heavy atom. The molecule has 136 valence electrons. The van der Waals surface area contributed by atoms with Gasteiger partial charge in [-0.15, -0.1) is 0 Å². The molecule has 3 rings (SSSR count). The van der Waals surface area contributed by atoms with Gasteiger partial charge in [0.05, 0.1) is 12.8 Å². The minimum Gasteiger partial charge on any atom is -0.495 e. The lowest BCUT2D eigenvalue weighted by Gasteiger charge is -2.36. The second kappa shape index (κ2) is 9.15. The molecule has 0 radical (unpaired) electrons. The van der Waals surface area contributed by atoms with E-state index in [0.29, 0.717) is 0 Å². The van der Waals surface area contributed by atoms with Crippen LogP contribution in [0.1, 0.15) is 12.8 Å². The first-order valence-corrected chi connectivity index (χ1v) is 10.2. The minimum absolute atomic E-state index is 0.973. The molecule has 1 fully saturated rings. The Labute approximate surface area is 155 Å². The number of piperazine rings is 1. The molecule has 0 N–H and O–H groups in total. The van der Waals surface area contributed by atoms with E-state index >= 15 is 0 Å². The van der Waals surface area contributed by atoms with Gasteiger partial charge in [0, 0.05) is 45.1 Å². The van der Waals surface area contributed by atoms with Gasteiger partial charge >= 0.3 is 0 Å². The Bertz CT molecular complexity index is 652. The predicted molar refractivity (Wildman–Crippen MR) is 105 cm³/mol. The quantitative estimate of drug-likeness (QED) is 0.534. The number of hydrogen-bond acceptors (Lipinski definition) is 5. The summed E-state index contributed by atoms with van der Waals surface area (Å²) >= 11 is 1.71. The fraction of sp³-hybridized carbons (Fsp3) is 0.526. The molecule has 0 bridgehead atoms. The maximum Gasteiger partial charge on any atom is 0.167 e. The maximum atomic E-state index is 5.49. The molecule has 0 aliphatic carbocycles. The summed E-state index contributed by atoms with van der Waals surface area (Å²) in [5.41, 5.74) is 1.22. The number of benzene rings is 1. The highest BCUT2D eigenvalue weighted by Crippen LogP contribution is 2.28. The van der Waals surface area contributed by atoms with E-state index in [1.54, 1.807) is 18.9 Å². The smallest absolute Gasteiger partial charge is 0.167 e. The maximum absolute atomic E-state index is 5.49. The van der Waals surface area contributed by atoms with Crippen molar-refractivity contribution in [2.45, 2.75) is 24.5 Å². The van der Waals surface area contributed by atoms with Crippen LogP contribution in [0.4, 0.5) is 5.69 Å². The van der Waals surface area contributed by atoms with Crippen LogP contribution < -0.4 is 9.64 Å². The van der Waals surface area contributed by atoms with Gasteiger partial charge in [-0.3, -0.25) is 4.90 Å². The largest absolute Gasteiger partial charge is 0.495 e. The Hall–Kier alpha value is -1.66. The number of aromatic nitrogens is 2. The molecule has 0 atom stereocenters. The molecule has 1 aliphatic heterocycles. The number of aryl methyl sites for hydroxylation is 1. The van der Waals surface area contributed by atoms with Gasteiger partial charge in [-0.05, 0) is 37.8 Å². The van der Waals surface area contributed by atoms with E-state index in [1.807, 2.05) is 18.3 Å². The molecule has 1 saturated heterocycles. The van der Waals surface area contributed by atoms with Gasteiger partial charge in [0.1, 0.15) is 5.75 Å². The average molecular weight is 360 g/mol. The van der Waals surface area contributed by atoms with Crippen LogP contribution in [0, 0.1) is 0 Å². The summed E-state index contributed by atoms with van der Waals surface area (Å²) in [6, 6.07) is 8.31. The number of ether oxygens (including phenoxy) is 1. The number of methoxy groups -OCH3 is 1. The Morgan fingerprint density at radius 1 is 1.08 bits per heavy atom. The summed E-state index contributed by atoms with van der Waals surface area (Å²) in [4.78, 5) is 9.37. The molecule has 0 amide bonds. The summed E-state index contributed by atoms with van der Waals surface area (Å²) in [5, 5.41) is 1.12. The summed E-state index contributed by atoms with van der Waals surface area (Å²) < 4.78 is 7.75. The number of unbranched alkanes of at least 4 members (excludes halogenated alkanes) is 1. The summed E-state index contributed by atoms with van der Waals surface area (Å²) in [6.45, 7) is 6.63. The number of para-hydroxylation sites is 2. The van der Waals surface area contributed by atoms with Crippen molar-refractivity contribution in [2.24, 2.45) is 0 Å². The van der Waals surface area contributed by atoms with E-state index in [1.165, 1.54) is 25.1 Å². The van der Waals surface area contributed by atoms with E-state index in [9.17, 15) is 0 Å². The van der Waals surface area contributed by atoms with Crippen LogP contribution in [-0.2, 0) is 6.54 Å². The van der Waals surface area contributed by atoms with E-state index in [0.717, 1.165) is 43.6 Å². The third-order valence-corrected chi connectivity index (χ3v) is 5.49. The summed E-state index contributed by atoms with van der Waals surface area (Å²) in [5.74, 6) is 0.973. The molecule has 25 heavy (non-hydrogen) atoms. The molecule has 1 aliphatic rings. The van der Waals surface area contributed by atoms with Gasteiger partial charge < -0.3 is 14.2 Å². The highest BCUT2D eigenvalue weighted by molar-refractivity contribution is 7.98. The molecule has 1 aromatic carbocycles. The third-order valence-electron chi connectivity index (χ3n) is 4.78. The van der Waals surface area contributed by atoms with Crippen LogP contribution in [0.3, 0.4) is 0 Å². The zero-order valence-electron chi connectivity index (χ0n) is 15.2. The second-order valence-corrected chi connectivity index (χ2v) is 7.09. The molecule has 2 heterocycles. The van der Waals surface area contributed by atoms with Crippen molar-refractivity contribution in [3.63, 3.8) is 0 Å². The van der Waals surface area contributed by atoms with Crippen molar-refractivity contribution in [1.82, 2.24) is 14.5 Å². The zero-order valence-corrected chi connectivity index (χ0v) is 16.0. The van der Waals surface area contributed by atoms with Crippen molar-refractivity contribution in [3.8, 4) is 5.75 Å². The second-order valence-electron chi connectivity index (χ2n) is 6.31. The van der Waals surface area contributed by atoms with Crippen LogP contribution in [0.25, 0.3) is 0 Å². The normalized spacial score (nSPS) is 15.5. The predicted octanol–water partition coefficient (Wildman–Crippen LogP) is 3.22. The SMILES string of the molecule is COc1ccccc1N1CCN(CCCCn2ccnc2S[11CH3])CC1. The molecule has 0 unspecified atom stereocenters. The van der Waals surface area contributed by atoms with E-state index in [-0.39, 0.29) is 0 Å². The molecule has 2 aromatic rings. The Kier molecular flexibility index (Phi) is 6.64. The van der Waals surface area contributed by atoms with Gasteiger partial charge in [-0.2, -0.15) is 0 Å². The van der Waals surface area contributed by atoms with Crippen molar-refractivity contribution in [1.29, 1.82) is 0 Å². The molecule has 0 saturated carbocycles. The van der Waals surface area contributed by atoms with Crippen LogP contribution >= 0.6 is 11.8 Å². The lowest BCUT2D eigenvalue weighted by atomic mass is 10.2. The van der Waals surface area contributed by atoms with Gasteiger partial charge in [0.25, 0.3) is 0 Å². The average Bonchev–Trinajstić information content (AvgIpc) is 3.13. The summed E-state index contributed by atoms with van der Waals surface area (Å²) in [7, 11) is 1.75. The topological polar surface area (TPSA) is 33.5 Å². The van der Waals surface area contributed by atoms with Gasteiger partial charge in [-0.1, -0.05) is 23.9 Å². The van der Waals surface area contributed by atoms with Crippen LogP contribution in [0.5, 0.6) is 5.75 Å². The van der Waals surface area contributed by atoms with Crippen molar-refractivity contribution >= 4 is 17.4 Å². The first-order chi connectivity index (χ1) is 12.3. The first-order valence-electron chi connectivity index (χ1n) is 8.97. The van der Waals surface area contributed by atoms with Crippen LogP contribution in [0.15, 0.2) is 41.8 Å². The lowest BCUT2D eigenvalue weighted by Crippen LogP contribution is -2.46. The van der Waals surface area contributed by atoms with E-state index < -0.39 is 0 Å². The first kappa shape index (κ1) is 18.1. The molecular weight excluding hydrogens is 331 g/mol. The Morgan fingerprint density at radius 2 is 1.84 bits per heavy atom. The fourth-order valence-corrected chi connectivity index (χ4v) is 3.93. The monoisotopic (exact) mass is 359 g/mol. The number of rotatable bonds is 8. The fourth-order valence-electron chi connectivity index (χ4n) is 3.38. The zero-order chi connectivity index (χ0) is 17.5.